The number of aliphatic hydroxyl groups is 1. The number of carbonyl (C=O) groups is 2. The lowest BCUT2D eigenvalue weighted by Crippen LogP contribution is -2.61. The normalized spacial score (nSPS) is 18.3. The van der Waals surface area contributed by atoms with Crippen LogP contribution in [-0.2, 0) is 20.9 Å². The number of amides is 2. The second kappa shape index (κ2) is 8.87. The van der Waals surface area contributed by atoms with Gasteiger partial charge >= 0.3 is 0 Å². The predicted molar refractivity (Wildman–Crippen MR) is 117 cm³/mol. The number of benzene rings is 1. The first-order valence-electron chi connectivity index (χ1n) is 10.1. The van der Waals surface area contributed by atoms with Gasteiger partial charge in [-0.1, -0.05) is 12.1 Å². The Morgan fingerprint density at radius 1 is 1.25 bits per heavy atom. The number of carbonyl (C=O) groups excluding carboxylic acids is 2. The first-order valence-corrected chi connectivity index (χ1v) is 10.1. The summed E-state index contributed by atoms with van der Waals surface area (Å²) in [5.41, 5.74) is 5.65. The molecule has 166 valence electrons. The molecule has 2 aromatic heterocycles. The van der Waals surface area contributed by atoms with Gasteiger partial charge in [0.15, 0.2) is 17.5 Å². The molecule has 32 heavy (non-hydrogen) atoms. The number of nitrogens with two attached hydrogens (primary N) is 1. The quantitative estimate of drug-likeness (QED) is 0.521. The van der Waals surface area contributed by atoms with E-state index in [4.69, 9.17) is 10.5 Å². The van der Waals surface area contributed by atoms with Crippen LogP contribution in [0.25, 0.3) is 5.69 Å². The monoisotopic (exact) mass is 436 g/mol. The summed E-state index contributed by atoms with van der Waals surface area (Å²) in [4.78, 5) is 31.3. The van der Waals surface area contributed by atoms with Gasteiger partial charge in [-0.15, -0.1) is 5.10 Å². The number of nitrogens with one attached hydrogen (secondary N) is 1. The lowest BCUT2D eigenvalue weighted by molar-refractivity contribution is -0.165. The zero-order valence-electron chi connectivity index (χ0n) is 17.5. The van der Waals surface area contributed by atoms with Gasteiger partial charge in [0.05, 0.1) is 18.8 Å². The van der Waals surface area contributed by atoms with Gasteiger partial charge in [-0.3, -0.25) is 19.5 Å². The third kappa shape index (κ3) is 4.24. The molecular weight excluding hydrogens is 412 g/mol. The van der Waals surface area contributed by atoms with Crippen molar-refractivity contribution in [2.45, 2.75) is 25.2 Å². The van der Waals surface area contributed by atoms with Crippen LogP contribution in [0, 0.1) is 0 Å². The first kappa shape index (κ1) is 21.6. The summed E-state index contributed by atoms with van der Waals surface area (Å²) in [6, 6.07) is 12.2. The van der Waals surface area contributed by atoms with Gasteiger partial charge in [0.2, 0.25) is 0 Å². The molecule has 3 heterocycles. The van der Waals surface area contributed by atoms with Crippen LogP contribution in [0.2, 0.25) is 0 Å². The van der Waals surface area contributed by atoms with Crippen LogP contribution in [0.15, 0.2) is 61.1 Å². The minimum Gasteiger partial charge on any atom is -0.377 e. The predicted octanol–water partition coefficient (Wildman–Crippen LogP) is 0.847. The van der Waals surface area contributed by atoms with E-state index in [2.05, 4.69) is 15.4 Å². The van der Waals surface area contributed by atoms with Crippen LogP contribution in [0.1, 0.15) is 12.5 Å². The van der Waals surface area contributed by atoms with E-state index in [0.29, 0.717) is 18.1 Å². The second-order valence-electron chi connectivity index (χ2n) is 7.57. The van der Waals surface area contributed by atoms with Crippen molar-refractivity contribution < 1.29 is 19.4 Å². The zero-order chi connectivity index (χ0) is 22.7. The Morgan fingerprint density at radius 3 is 2.66 bits per heavy atom. The maximum absolute atomic E-state index is 13.1. The molecule has 0 radical (unpaired) electrons. The fraction of sp³-hybridized carbons (Fsp3) is 0.273. The number of hydrogen-bond acceptors (Lipinski definition) is 7. The van der Waals surface area contributed by atoms with Gasteiger partial charge in [0.1, 0.15) is 0 Å². The van der Waals surface area contributed by atoms with E-state index in [1.807, 2.05) is 0 Å². The third-order valence-corrected chi connectivity index (χ3v) is 5.29. The Bertz CT molecular complexity index is 1100. The molecule has 0 aliphatic carbocycles. The van der Waals surface area contributed by atoms with Crippen molar-refractivity contribution >= 4 is 23.3 Å². The fourth-order valence-electron chi connectivity index (χ4n) is 3.41. The number of morpholine rings is 1. The average molecular weight is 436 g/mol. The van der Waals surface area contributed by atoms with Gasteiger partial charge in [-0.05, 0) is 36.8 Å². The summed E-state index contributed by atoms with van der Waals surface area (Å²) in [6.45, 7) is 2.04. The highest BCUT2D eigenvalue weighted by Gasteiger charge is 2.48. The van der Waals surface area contributed by atoms with E-state index >= 15 is 0 Å². The molecule has 1 fully saturated rings. The van der Waals surface area contributed by atoms with Crippen LogP contribution in [0.4, 0.5) is 11.5 Å². The Kier molecular flexibility index (Phi) is 5.99. The number of nitrogens with zero attached hydrogens (tertiary/aromatic N) is 4. The van der Waals surface area contributed by atoms with E-state index in [-0.39, 0.29) is 13.2 Å². The molecule has 0 saturated carbocycles. The standard InChI is InChI=1S/C22H24N6O4/c1-22(31,21(30)25-16-4-2-15(14-23)3-5-16)19-20(29)27(12-13-32-19)18-8-11-28(26-18)17-6-9-24-10-7-17/h2-11,19,31H,12-14,23H2,1H3,(H,25,30). The van der Waals surface area contributed by atoms with Crippen molar-refractivity contribution in [3.63, 3.8) is 0 Å². The molecule has 4 rings (SSSR count). The van der Waals surface area contributed by atoms with Crippen LogP contribution >= 0.6 is 0 Å². The Labute approximate surface area is 184 Å². The van der Waals surface area contributed by atoms with Crippen LogP contribution in [-0.4, -0.2) is 56.5 Å². The second-order valence-corrected chi connectivity index (χ2v) is 7.57. The summed E-state index contributed by atoms with van der Waals surface area (Å²) >= 11 is 0. The molecule has 1 aromatic carbocycles. The number of rotatable bonds is 6. The highest BCUT2D eigenvalue weighted by molar-refractivity contribution is 6.05. The summed E-state index contributed by atoms with van der Waals surface area (Å²) in [5, 5.41) is 18.0. The minimum absolute atomic E-state index is 0.146. The van der Waals surface area contributed by atoms with Crippen molar-refractivity contribution in [1.82, 2.24) is 14.8 Å². The fourth-order valence-corrected chi connectivity index (χ4v) is 3.41. The summed E-state index contributed by atoms with van der Waals surface area (Å²) in [6.07, 6.45) is 3.63. The lowest BCUT2D eigenvalue weighted by Gasteiger charge is -2.37. The summed E-state index contributed by atoms with van der Waals surface area (Å²) < 4.78 is 7.15. The topological polar surface area (TPSA) is 136 Å². The average Bonchev–Trinajstić information content (AvgIpc) is 3.30. The maximum Gasteiger partial charge on any atom is 0.260 e. The van der Waals surface area contributed by atoms with Gasteiger partial charge < -0.3 is 20.9 Å². The van der Waals surface area contributed by atoms with Gasteiger partial charge in [-0.25, -0.2) is 4.68 Å². The zero-order valence-corrected chi connectivity index (χ0v) is 17.5. The number of aromatic nitrogens is 3. The van der Waals surface area contributed by atoms with Gasteiger partial charge in [-0.2, -0.15) is 0 Å². The van der Waals surface area contributed by atoms with Gasteiger partial charge in [0.25, 0.3) is 11.8 Å². The smallest absolute Gasteiger partial charge is 0.260 e. The molecule has 1 saturated heterocycles. The molecule has 3 aromatic rings. The van der Waals surface area contributed by atoms with Crippen molar-refractivity contribution in [3.8, 4) is 5.69 Å². The molecule has 10 heteroatoms. The minimum atomic E-state index is -2.10. The number of hydrogen-bond donors (Lipinski definition) is 3. The number of pyridine rings is 1. The largest absolute Gasteiger partial charge is 0.377 e. The van der Waals surface area contributed by atoms with Crippen LogP contribution in [0.3, 0.4) is 0 Å². The van der Waals surface area contributed by atoms with Crippen molar-refractivity contribution in [1.29, 1.82) is 0 Å². The van der Waals surface area contributed by atoms with Gasteiger partial charge in [0, 0.05) is 36.9 Å². The van der Waals surface area contributed by atoms with Crippen molar-refractivity contribution in [3.05, 3.63) is 66.6 Å². The van der Waals surface area contributed by atoms with Crippen molar-refractivity contribution in [2.24, 2.45) is 5.73 Å². The van der Waals surface area contributed by atoms with E-state index in [9.17, 15) is 14.7 Å². The maximum atomic E-state index is 13.1. The molecule has 1 aliphatic rings. The molecule has 2 atom stereocenters. The molecule has 2 amide bonds. The third-order valence-electron chi connectivity index (χ3n) is 5.29. The Balaban J connectivity index is 1.50. The number of ether oxygens (including phenoxy) is 1. The van der Waals surface area contributed by atoms with E-state index in [1.165, 1.54) is 11.8 Å². The number of anilines is 2. The van der Waals surface area contributed by atoms with Crippen LogP contribution < -0.4 is 16.0 Å². The Morgan fingerprint density at radius 2 is 1.97 bits per heavy atom. The molecule has 0 bridgehead atoms. The highest BCUT2D eigenvalue weighted by atomic mass is 16.5. The highest BCUT2D eigenvalue weighted by Crippen LogP contribution is 2.25. The Hall–Kier alpha value is -3.60. The summed E-state index contributed by atoms with van der Waals surface area (Å²) in [7, 11) is 0. The molecule has 10 nitrogen and oxygen atoms in total. The molecule has 2 unspecified atom stereocenters. The molecule has 1 aliphatic heterocycles. The van der Waals surface area contributed by atoms with E-state index < -0.39 is 23.5 Å². The lowest BCUT2D eigenvalue weighted by atomic mass is 9.95. The van der Waals surface area contributed by atoms with Crippen molar-refractivity contribution in [2.75, 3.05) is 23.4 Å². The summed E-state index contributed by atoms with van der Waals surface area (Å²) in [5.74, 6) is -0.899. The van der Waals surface area contributed by atoms with E-state index in [1.54, 1.807) is 65.7 Å². The van der Waals surface area contributed by atoms with E-state index in [0.717, 1.165) is 11.3 Å². The van der Waals surface area contributed by atoms with Crippen LogP contribution in [0.5, 0.6) is 0 Å². The SMILES string of the molecule is CC(O)(C(=O)Nc1ccc(CN)cc1)C1OCCN(c2ccn(-c3ccncc3)n2)C1=O. The molecule has 0 spiro atoms. The molecule has 4 N–H and O–H groups in total. The first-order chi connectivity index (χ1) is 15.4. The molecular formula is C22H24N6O4.